The van der Waals surface area contributed by atoms with Gasteiger partial charge in [0.15, 0.2) is 0 Å². The summed E-state index contributed by atoms with van der Waals surface area (Å²) in [4.78, 5) is 0. The molecule has 110 valence electrons. The molecule has 0 aliphatic carbocycles. The molecule has 0 N–H and O–H groups in total. The van der Waals surface area contributed by atoms with E-state index < -0.39 is 18.4 Å². The second kappa shape index (κ2) is 13.4. The first-order valence-corrected chi connectivity index (χ1v) is 16.6. The zero-order valence-corrected chi connectivity index (χ0v) is 17.1. The zero-order chi connectivity index (χ0) is 14.4. The van der Waals surface area contributed by atoms with Crippen molar-refractivity contribution in [2.24, 2.45) is 0 Å². The van der Waals surface area contributed by atoms with Gasteiger partial charge in [-0.05, 0) is 0 Å². The number of unbranched alkanes of at least 4 members (excludes halogenated alkanes) is 1. The minimum atomic E-state index is -2.09. The van der Waals surface area contributed by atoms with Crippen molar-refractivity contribution >= 4 is 30.1 Å². The van der Waals surface area contributed by atoms with Crippen LogP contribution in [0.4, 0.5) is 0 Å². The molecule has 0 aliphatic heterocycles. The average Bonchev–Trinajstić information content (AvgIpc) is 2.39. The van der Waals surface area contributed by atoms with E-state index in [0.717, 1.165) is 0 Å². The van der Waals surface area contributed by atoms with Gasteiger partial charge in [-0.1, -0.05) is 0 Å². The van der Waals surface area contributed by atoms with Crippen LogP contribution in [0.3, 0.4) is 0 Å². The number of hydrogen-bond acceptors (Lipinski definition) is 1. The third-order valence-electron chi connectivity index (χ3n) is 3.39. The Kier molecular flexibility index (Phi) is 13.7. The predicted octanol–water partition coefficient (Wildman–Crippen LogP) is 6.25. The summed E-state index contributed by atoms with van der Waals surface area (Å²) < 4.78 is 8.16. The van der Waals surface area contributed by atoms with E-state index in [4.69, 9.17) is 0 Å². The van der Waals surface area contributed by atoms with Crippen molar-refractivity contribution in [1.29, 1.82) is 0 Å². The first-order chi connectivity index (χ1) is 9.24. The molecule has 0 fully saturated rings. The molecule has 0 bridgehead atoms. The van der Waals surface area contributed by atoms with Gasteiger partial charge in [-0.25, -0.2) is 0 Å². The summed E-state index contributed by atoms with van der Waals surface area (Å²) in [7, 11) is 0. The predicted molar refractivity (Wildman–Crippen MR) is 95.3 cm³/mol. The van der Waals surface area contributed by atoms with E-state index in [1.165, 1.54) is 51.2 Å². The van der Waals surface area contributed by atoms with Gasteiger partial charge in [-0.15, -0.1) is 0 Å². The van der Waals surface area contributed by atoms with Crippen molar-refractivity contribution in [2.45, 2.75) is 73.1 Å². The maximum absolute atomic E-state index is 3.79. The third kappa shape index (κ3) is 9.90. The van der Waals surface area contributed by atoms with Gasteiger partial charge in [-0.3, -0.25) is 0 Å². The van der Waals surface area contributed by atoms with Crippen LogP contribution in [0.1, 0.15) is 59.8 Å². The van der Waals surface area contributed by atoms with Gasteiger partial charge in [0.25, 0.3) is 0 Å². The Morgan fingerprint density at radius 3 is 1.95 bits per heavy atom. The van der Waals surface area contributed by atoms with Crippen molar-refractivity contribution in [2.75, 3.05) is 5.75 Å². The molecule has 2 heteroatoms. The van der Waals surface area contributed by atoms with Crippen LogP contribution in [0.25, 0.3) is 0 Å². The van der Waals surface area contributed by atoms with Gasteiger partial charge in [0.2, 0.25) is 0 Å². The summed E-state index contributed by atoms with van der Waals surface area (Å²) in [5.41, 5.74) is 0. The summed E-state index contributed by atoms with van der Waals surface area (Å²) in [5, 5.41) is 2.20. The minimum absolute atomic E-state index is 1.24. The van der Waals surface area contributed by atoms with Gasteiger partial charge in [-0.2, -0.15) is 0 Å². The second-order valence-electron chi connectivity index (χ2n) is 5.33. The number of thioether (sulfide) groups is 1. The molecule has 0 unspecified atom stereocenters. The molecule has 0 spiro atoms. The number of allylic oxidation sites excluding steroid dienone is 1. The normalized spacial score (nSPS) is 11.6. The van der Waals surface area contributed by atoms with Crippen LogP contribution in [-0.2, 0) is 0 Å². The molecule has 0 saturated carbocycles. The molecule has 0 aromatic heterocycles. The molecule has 0 heterocycles. The first-order valence-electron chi connectivity index (χ1n) is 8.04. The summed E-state index contributed by atoms with van der Waals surface area (Å²) in [6.45, 7) is 9.23. The summed E-state index contributed by atoms with van der Waals surface area (Å²) in [6.07, 6.45) is 8.70. The SMILES string of the molecule is CCCCSC=CC#[C][Sn]([CH2]CC)([CH2]CC)[CH2]CC. The van der Waals surface area contributed by atoms with Gasteiger partial charge in [0, 0.05) is 0 Å². The third-order valence-corrected chi connectivity index (χ3v) is 18.6. The molecule has 0 aromatic carbocycles. The topological polar surface area (TPSA) is 0 Å². The van der Waals surface area contributed by atoms with Crippen LogP contribution < -0.4 is 0 Å². The molecule has 0 atom stereocenters. The van der Waals surface area contributed by atoms with Crippen molar-refractivity contribution in [1.82, 2.24) is 0 Å². The van der Waals surface area contributed by atoms with E-state index in [-0.39, 0.29) is 0 Å². The fourth-order valence-corrected chi connectivity index (χ4v) is 15.8. The molecule has 0 aromatic rings. The Labute approximate surface area is 130 Å². The van der Waals surface area contributed by atoms with Crippen molar-refractivity contribution in [3.05, 3.63) is 11.5 Å². The molecule has 0 saturated heterocycles. The van der Waals surface area contributed by atoms with Crippen LogP contribution in [0, 0.1) is 9.86 Å². The molecular weight excluding hydrogens is 355 g/mol. The number of hydrogen-bond donors (Lipinski definition) is 0. The second-order valence-corrected chi connectivity index (χ2v) is 18.6. The van der Waals surface area contributed by atoms with E-state index in [1.807, 2.05) is 11.8 Å². The Morgan fingerprint density at radius 1 is 0.895 bits per heavy atom. The Morgan fingerprint density at radius 2 is 1.47 bits per heavy atom. The Hall–Kier alpha value is 0.449. The summed E-state index contributed by atoms with van der Waals surface area (Å²) in [5.74, 6) is 4.64. The van der Waals surface area contributed by atoms with E-state index in [2.05, 4.69) is 49.0 Å². The number of rotatable bonds is 10. The molecule has 0 rings (SSSR count). The van der Waals surface area contributed by atoms with Gasteiger partial charge in [0.05, 0.1) is 0 Å². The fourth-order valence-electron chi connectivity index (χ4n) is 2.57. The van der Waals surface area contributed by atoms with Gasteiger partial charge in [0.1, 0.15) is 0 Å². The zero-order valence-electron chi connectivity index (χ0n) is 13.4. The van der Waals surface area contributed by atoms with Crippen molar-refractivity contribution in [3.63, 3.8) is 0 Å². The van der Waals surface area contributed by atoms with E-state index >= 15 is 0 Å². The van der Waals surface area contributed by atoms with E-state index in [0.29, 0.717) is 0 Å². The fraction of sp³-hybridized carbons (Fsp3) is 0.765. The van der Waals surface area contributed by atoms with Gasteiger partial charge < -0.3 is 0 Å². The molecule has 0 aliphatic rings. The molecule has 0 radical (unpaired) electrons. The summed E-state index contributed by atoms with van der Waals surface area (Å²) in [6, 6.07) is 0. The van der Waals surface area contributed by atoms with Crippen molar-refractivity contribution < 1.29 is 0 Å². The van der Waals surface area contributed by atoms with E-state index in [1.54, 1.807) is 0 Å². The quantitative estimate of drug-likeness (QED) is 0.242. The Bertz CT molecular complexity index is 268. The molecular formula is C17H32SSn. The van der Waals surface area contributed by atoms with Crippen LogP contribution in [0.15, 0.2) is 11.5 Å². The standard InChI is InChI=1S/C8H11S.3C3H7.Sn/c1-3-5-7-9-8-6-4-2;3*1-3-2;/h6,8H,3,5,7H2,1H3;3*1,3H2,2H3;. The van der Waals surface area contributed by atoms with Crippen LogP contribution in [-0.4, -0.2) is 24.1 Å². The van der Waals surface area contributed by atoms with E-state index in [9.17, 15) is 0 Å². The van der Waals surface area contributed by atoms with Gasteiger partial charge >= 0.3 is 130 Å². The van der Waals surface area contributed by atoms with Crippen LogP contribution in [0.5, 0.6) is 0 Å². The summed E-state index contributed by atoms with van der Waals surface area (Å²) >= 11 is -0.186. The average molecular weight is 387 g/mol. The van der Waals surface area contributed by atoms with Crippen LogP contribution >= 0.6 is 11.8 Å². The molecule has 19 heavy (non-hydrogen) atoms. The maximum atomic E-state index is 3.79. The monoisotopic (exact) mass is 388 g/mol. The van der Waals surface area contributed by atoms with Crippen LogP contribution in [0.2, 0.25) is 13.3 Å². The first kappa shape index (κ1) is 19.4. The van der Waals surface area contributed by atoms with Crippen molar-refractivity contribution in [3.8, 4) is 9.86 Å². The molecule has 0 nitrogen and oxygen atoms in total. The molecule has 0 amide bonds. The Balaban J connectivity index is 4.44.